The van der Waals surface area contributed by atoms with E-state index in [0.29, 0.717) is 17.1 Å². The highest BCUT2D eigenvalue weighted by atomic mass is 32.2. The molecule has 0 fully saturated rings. The molecule has 1 amide bonds. The molecule has 0 heterocycles. The molecule has 2 aromatic rings. The number of aryl methyl sites for hydroxylation is 1. The van der Waals surface area contributed by atoms with Crippen LogP contribution in [0.15, 0.2) is 47.4 Å². The Hall–Kier alpha value is -2.54. The Morgan fingerprint density at radius 2 is 1.65 bits per heavy atom. The van der Waals surface area contributed by atoms with Gasteiger partial charge in [-0.2, -0.15) is 0 Å². The van der Waals surface area contributed by atoms with Crippen LogP contribution in [0.2, 0.25) is 0 Å². The van der Waals surface area contributed by atoms with Crippen molar-refractivity contribution in [1.29, 1.82) is 0 Å². The minimum absolute atomic E-state index is 0.154. The zero-order valence-electron chi connectivity index (χ0n) is 13.1. The van der Waals surface area contributed by atoms with Crippen LogP contribution in [0.5, 0.6) is 5.75 Å². The maximum absolute atomic E-state index is 12.4. The van der Waals surface area contributed by atoms with Crippen LogP contribution in [-0.2, 0) is 14.8 Å². The topological polar surface area (TPSA) is 84.5 Å². The number of carbonyl (C=O) groups is 1. The summed E-state index contributed by atoms with van der Waals surface area (Å²) in [6.45, 7) is 3.18. The predicted molar refractivity (Wildman–Crippen MR) is 89.3 cm³/mol. The summed E-state index contributed by atoms with van der Waals surface area (Å²) in [6.07, 6.45) is 0. The third-order valence-electron chi connectivity index (χ3n) is 3.13. The van der Waals surface area contributed by atoms with Gasteiger partial charge in [-0.15, -0.1) is 0 Å². The smallest absolute Gasteiger partial charge is 0.261 e. The molecule has 0 saturated carbocycles. The van der Waals surface area contributed by atoms with Crippen molar-refractivity contribution in [3.8, 4) is 5.75 Å². The summed E-state index contributed by atoms with van der Waals surface area (Å²) in [6, 6.07) is 11.1. The molecule has 6 nitrogen and oxygen atoms in total. The molecule has 0 bridgehead atoms. The number of rotatable bonds is 5. The van der Waals surface area contributed by atoms with Gasteiger partial charge in [0.15, 0.2) is 0 Å². The summed E-state index contributed by atoms with van der Waals surface area (Å²) in [5.74, 6) is 0.440. The molecule has 0 aliphatic heterocycles. The number of sulfonamides is 1. The lowest BCUT2D eigenvalue weighted by Crippen LogP contribution is -2.13. The highest BCUT2D eigenvalue weighted by Gasteiger charge is 2.15. The summed E-state index contributed by atoms with van der Waals surface area (Å²) < 4.78 is 32.4. The summed E-state index contributed by atoms with van der Waals surface area (Å²) in [7, 11) is -2.16. The van der Waals surface area contributed by atoms with Crippen molar-refractivity contribution < 1.29 is 17.9 Å². The highest BCUT2D eigenvalue weighted by Crippen LogP contribution is 2.23. The molecule has 0 unspecified atom stereocenters. The Morgan fingerprint density at radius 3 is 2.17 bits per heavy atom. The lowest BCUT2D eigenvalue weighted by molar-refractivity contribution is -0.114. The molecule has 2 rings (SSSR count). The second-order valence-electron chi connectivity index (χ2n) is 5.00. The first kappa shape index (κ1) is 16.8. The Kier molecular flexibility index (Phi) is 4.90. The average molecular weight is 334 g/mol. The molecule has 7 heteroatoms. The van der Waals surface area contributed by atoms with Crippen LogP contribution in [0.3, 0.4) is 0 Å². The molecule has 2 N–H and O–H groups in total. The Labute approximate surface area is 135 Å². The van der Waals surface area contributed by atoms with Crippen LogP contribution >= 0.6 is 0 Å². The molecule has 0 aromatic heterocycles. The fourth-order valence-electron chi connectivity index (χ4n) is 2.06. The van der Waals surface area contributed by atoms with Crippen LogP contribution < -0.4 is 14.8 Å². The van der Waals surface area contributed by atoms with Crippen LogP contribution in [0, 0.1) is 6.92 Å². The molecule has 0 atom stereocenters. The van der Waals surface area contributed by atoms with Gasteiger partial charge in [-0.25, -0.2) is 8.42 Å². The molecular weight excluding hydrogens is 316 g/mol. The van der Waals surface area contributed by atoms with E-state index >= 15 is 0 Å². The first-order chi connectivity index (χ1) is 10.8. The van der Waals surface area contributed by atoms with Crippen LogP contribution in [0.1, 0.15) is 12.5 Å². The van der Waals surface area contributed by atoms with Gasteiger partial charge >= 0.3 is 0 Å². The van der Waals surface area contributed by atoms with Gasteiger partial charge in [0.1, 0.15) is 5.75 Å². The number of benzene rings is 2. The van der Waals surface area contributed by atoms with Gasteiger partial charge in [0.2, 0.25) is 5.91 Å². The Bertz CT molecular complexity index is 814. The molecular formula is C16H18N2O4S. The van der Waals surface area contributed by atoms with Gasteiger partial charge < -0.3 is 10.1 Å². The number of nitrogens with one attached hydrogen (secondary N) is 2. The molecule has 0 spiro atoms. The van der Waals surface area contributed by atoms with E-state index in [1.165, 1.54) is 20.1 Å². The van der Waals surface area contributed by atoms with Crippen molar-refractivity contribution in [3.05, 3.63) is 48.0 Å². The number of anilines is 2. The molecule has 0 saturated heterocycles. The van der Waals surface area contributed by atoms with Crippen LogP contribution in [0.4, 0.5) is 11.4 Å². The normalized spacial score (nSPS) is 10.9. The monoisotopic (exact) mass is 334 g/mol. The zero-order chi connectivity index (χ0) is 17.0. The van der Waals surface area contributed by atoms with E-state index in [2.05, 4.69) is 10.0 Å². The summed E-state index contributed by atoms with van der Waals surface area (Å²) in [5.41, 5.74) is 1.74. The van der Waals surface area contributed by atoms with Crippen molar-refractivity contribution in [2.45, 2.75) is 18.7 Å². The number of hydrogen-bond acceptors (Lipinski definition) is 4. The lowest BCUT2D eigenvalue weighted by atomic mass is 10.2. The number of ether oxygens (including phenoxy) is 1. The number of hydrogen-bond donors (Lipinski definition) is 2. The zero-order valence-corrected chi connectivity index (χ0v) is 13.9. The second-order valence-corrected chi connectivity index (χ2v) is 6.68. The van der Waals surface area contributed by atoms with Crippen LogP contribution in [-0.4, -0.2) is 21.4 Å². The van der Waals surface area contributed by atoms with Gasteiger partial charge in [-0.3, -0.25) is 9.52 Å². The average Bonchev–Trinajstić information content (AvgIpc) is 2.48. The third-order valence-corrected chi connectivity index (χ3v) is 4.51. The van der Waals surface area contributed by atoms with Crippen molar-refractivity contribution in [3.63, 3.8) is 0 Å². The van der Waals surface area contributed by atoms with E-state index < -0.39 is 10.0 Å². The van der Waals surface area contributed by atoms with Gasteiger partial charge in [-0.1, -0.05) is 0 Å². The summed E-state index contributed by atoms with van der Waals surface area (Å²) in [4.78, 5) is 11.1. The van der Waals surface area contributed by atoms with Gasteiger partial charge in [0.25, 0.3) is 10.0 Å². The first-order valence-electron chi connectivity index (χ1n) is 6.87. The van der Waals surface area contributed by atoms with Gasteiger partial charge in [0.05, 0.1) is 12.0 Å². The maximum atomic E-state index is 12.4. The molecule has 0 aliphatic carbocycles. The van der Waals surface area contributed by atoms with Gasteiger partial charge in [-0.05, 0) is 55.0 Å². The van der Waals surface area contributed by atoms with E-state index in [-0.39, 0.29) is 10.8 Å². The standard InChI is InChI=1S/C16H18N2O4S/c1-11-10-15(8-9-16(11)22-3)23(20,21)18-14-6-4-13(5-7-14)17-12(2)19/h4-10,18H,1-3H3,(H,17,19). The molecule has 0 aliphatic rings. The fourth-order valence-corrected chi connectivity index (χ4v) is 3.20. The van der Waals surface area contributed by atoms with Crippen molar-refractivity contribution >= 4 is 27.3 Å². The second kappa shape index (κ2) is 6.70. The quantitative estimate of drug-likeness (QED) is 0.880. The minimum Gasteiger partial charge on any atom is -0.496 e. The minimum atomic E-state index is -3.69. The maximum Gasteiger partial charge on any atom is 0.261 e. The van der Waals surface area contributed by atoms with E-state index in [1.807, 2.05) is 0 Å². The van der Waals surface area contributed by atoms with Gasteiger partial charge in [0, 0.05) is 18.3 Å². The summed E-state index contributed by atoms with van der Waals surface area (Å²) in [5, 5.41) is 2.62. The van der Waals surface area contributed by atoms with E-state index in [0.717, 1.165) is 5.56 Å². The van der Waals surface area contributed by atoms with Crippen molar-refractivity contribution in [1.82, 2.24) is 0 Å². The summed E-state index contributed by atoms with van der Waals surface area (Å²) >= 11 is 0. The lowest BCUT2D eigenvalue weighted by Gasteiger charge is -2.11. The molecule has 122 valence electrons. The van der Waals surface area contributed by atoms with E-state index in [1.54, 1.807) is 43.3 Å². The predicted octanol–water partition coefficient (Wildman–Crippen LogP) is 2.76. The molecule has 2 aromatic carbocycles. The fraction of sp³-hybridized carbons (Fsp3) is 0.188. The number of carbonyl (C=O) groups excluding carboxylic acids is 1. The number of amides is 1. The SMILES string of the molecule is COc1ccc(S(=O)(=O)Nc2ccc(NC(C)=O)cc2)cc1C. The highest BCUT2D eigenvalue weighted by molar-refractivity contribution is 7.92. The van der Waals surface area contributed by atoms with Crippen molar-refractivity contribution in [2.24, 2.45) is 0 Å². The van der Waals surface area contributed by atoms with E-state index in [9.17, 15) is 13.2 Å². The van der Waals surface area contributed by atoms with Crippen molar-refractivity contribution in [2.75, 3.05) is 17.1 Å². The van der Waals surface area contributed by atoms with Crippen LogP contribution in [0.25, 0.3) is 0 Å². The Balaban J connectivity index is 2.20. The largest absolute Gasteiger partial charge is 0.496 e. The molecule has 23 heavy (non-hydrogen) atoms. The van der Waals surface area contributed by atoms with E-state index in [4.69, 9.17) is 4.74 Å². The Morgan fingerprint density at radius 1 is 1.04 bits per heavy atom. The third kappa shape index (κ3) is 4.23. The first-order valence-corrected chi connectivity index (χ1v) is 8.35. The number of methoxy groups -OCH3 is 1. The molecule has 0 radical (unpaired) electrons.